The van der Waals surface area contributed by atoms with Crippen molar-refractivity contribution in [1.82, 2.24) is 9.47 Å². The molecule has 0 aliphatic carbocycles. The van der Waals surface area contributed by atoms with Crippen LogP contribution in [0, 0.1) is 13.8 Å². The third kappa shape index (κ3) is 4.36. The zero-order chi connectivity index (χ0) is 24.7. The Kier molecular flexibility index (Phi) is 6.39. The molecule has 1 saturated heterocycles. The Morgan fingerprint density at radius 1 is 1.14 bits per heavy atom. The van der Waals surface area contributed by atoms with Gasteiger partial charge < -0.3 is 0 Å². The molecule has 4 nitrogen and oxygen atoms in total. The molecule has 1 amide bonds. The number of fused-ring (bicyclic) bond motifs is 1. The van der Waals surface area contributed by atoms with Gasteiger partial charge in [-0.15, -0.1) is 0 Å². The van der Waals surface area contributed by atoms with E-state index in [1.165, 1.54) is 11.1 Å². The van der Waals surface area contributed by atoms with Crippen molar-refractivity contribution >= 4 is 35.5 Å². The molecule has 1 aliphatic heterocycles. The van der Waals surface area contributed by atoms with Crippen molar-refractivity contribution < 1.29 is 9.13 Å². The first-order valence-corrected chi connectivity index (χ1v) is 12.9. The van der Waals surface area contributed by atoms with Crippen LogP contribution in [0.15, 0.2) is 53.0 Å². The summed E-state index contributed by atoms with van der Waals surface area (Å²) in [6.07, 6.45) is 4.96. The fourth-order valence-electron chi connectivity index (χ4n) is 5.63. The number of likely N-dealkylation sites (tertiary alicyclic amines) is 1. The van der Waals surface area contributed by atoms with E-state index in [1.807, 2.05) is 36.2 Å². The average Bonchev–Trinajstić information content (AvgIpc) is 3.38. The van der Waals surface area contributed by atoms with Crippen LogP contribution >= 0.6 is 11.6 Å². The number of amides is 1. The van der Waals surface area contributed by atoms with Gasteiger partial charge in [-0.25, -0.2) is 0 Å². The van der Waals surface area contributed by atoms with Crippen molar-refractivity contribution in [2.24, 2.45) is 0 Å². The Labute approximate surface area is 213 Å². The molecule has 0 saturated carbocycles. The van der Waals surface area contributed by atoms with E-state index in [-0.39, 0.29) is 11.3 Å². The Morgan fingerprint density at radius 3 is 2.57 bits per heavy atom. The third-order valence-electron chi connectivity index (χ3n) is 7.92. The monoisotopic (exact) mass is 486 g/mol. The number of halogens is 1. The first-order valence-electron chi connectivity index (χ1n) is 12.5. The number of nitrogens with zero attached hydrogens (tertiary/aromatic N) is 2. The summed E-state index contributed by atoms with van der Waals surface area (Å²) in [5.74, 6) is 1.00. The standard InChI is InChI=1S/C29H32BClN2O2/c1-5-21-8-6-7-9-26(21)29(4)12-14-32(15-13-29)28(34)25-18-33(17-24-19(2)30-35-20(24)3)27-16-22(31)10-11-23(25)27/h6-11,16,18H,5,12-15,17H2,1-4H3. The molecular formula is C29H32BClN2O2. The molecule has 0 unspecified atom stereocenters. The van der Waals surface area contributed by atoms with E-state index in [4.69, 9.17) is 15.9 Å². The molecule has 0 radical (unpaired) electrons. The zero-order valence-corrected chi connectivity index (χ0v) is 21.8. The van der Waals surface area contributed by atoms with Crippen LogP contribution in [0.4, 0.5) is 0 Å². The fourth-order valence-corrected chi connectivity index (χ4v) is 5.80. The van der Waals surface area contributed by atoms with Crippen LogP contribution in [-0.4, -0.2) is 35.6 Å². The van der Waals surface area contributed by atoms with E-state index in [1.54, 1.807) is 7.13 Å². The van der Waals surface area contributed by atoms with Gasteiger partial charge in [0.2, 0.25) is 0 Å². The molecule has 3 heterocycles. The summed E-state index contributed by atoms with van der Waals surface area (Å²) < 4.78 is 7.74. The Morgan fingerprint density at radius 2 is 1.89 bits per heavy atom. The van der Waals surface area contributed by atoms with Gasteiger partial charge >= 0.3 is 170 Å². The summed E-state index contributed by atoms with van der Waals surface area (Å²) in [4.78, 5) is 15.8. The van der Waals surface area contributed by atoms with Crippen LogP contribution in [0.2, 0.25) is 5.02 Å². The predicted octanol–water partition coefficient (Wildman–Crippen LogP) is 6.65. The maximum atomic E-state index is 13.8. The normalized spacial score (nSPS) is 15.5. The van der Waals surface area contributed by atoms with E-state index in [2.05, 4.69) is 49.6 Å². The molecule has 0 N–H and O–H groups in total. The summed E-state index contributed by atoms with van der Waals surface area (Å²) in [6.45, 7) is 10.8. The van der Waals surface area contributed by atoms with Gasteiger partial charge in [-0.1, -0.05) is 31.2 Å². The van der Waals surface area contributed by atoms with Crippen LogP contribution in [0.1, 0.15) is 65.0 Å². The van der Waals surface area contributed by atoms with Gasteiger partial charge in [0.05, 0.1) is 0 Å². The SMILES string of the molecule is CCc1ccccc1C1(C)CCN(C(=O)c2cn(Cc3c(C)boc3C)c3cc(Cl)ccc23)CC1. The molecule has 1 fully saturated rings. The predicted molar refractivity (Wildman–Crippen MR) is 144 cm³/mol. The summed E-state index contributed by atoms with van der Waals surface area (Å²) in [5.41, 5.74) is 6.92. The molecule has 1 aliphatic rings. The van der Waals surface area contributed by atoms with Crippen LogP contribution in [-0.2, 0) is 18.4 Å². The number of rotatable bonds is 5. The van der Waals surface area contributed by atoms with Crippen molar-refractivity contribution in [1.29, 1.82) is 0 Å². The number of benzene rings is 2. The molecule has 4 aromatic rings. The van der Waals surface area contributed by atoms with Gasteiger partial charge in [0.1, 0.15) is 0 Å². The number of carbonyl (C=O) groups excluding carboxylic acids is 1. The summed E-state index contributed by atoms with van der Waals surface area (Å²) >= 11 is 6.36. The molecule has 6 heteroatoms. The van der Waals surface area contributed by atoms with E-state index in [0.29, 0.717) is 11.6 Å². The molecule has 0 atom stereocenters. The molecule has 180 valence electrons. The van der Waals surface area contributed by atoms with E-state index in [9.17, 15) is 4.79 Å². The molecule has 2 aromatic carbocycles. The second-order valence-electron chi connectivity index (χ2n) is 10.1. The number of aryl methyl sites for hydroxylation is 3. The first-order chi connectivity index (χ1) is 16.8. The number of hydrogen-bond donors (Lipinski definition) is 0. The molecular weight excluding hydrogens is 455 g/mol. The van der Waals surface area contributed by atoms with Crippen molar-refractivity contribution in [3.05, 3.63) is 87.2 Å². The second kappa shape index (κ2) is 9.35. The molecule has 0 bridgehead atoms. The number of piperidine rings is 1. The van der Waals surface area contributed by atoms with E-state index in [0.717, 1.165) is 65.6 Å². The summed E-state index contributed by atoms with van der Waals surface area (Å²) in [6, 6.07) is 14.6. The number of hydrogen-bond acceptors (Lipinski definition) is 2. The molecule has 2 aromatic heterocycles. The Balaban J connectivity index is 1.43. The third-order valence-corrected chi connectivity index (χ3v) is 8.15. The molecule has 35 heavy (non-hydrogen) atoms. The molecule has 5 rings (SSSR count). The number of aromatic nitrogens is 1. The van der Waals surface area contributed by atoms with Crippen molar-refractivity contribution in [3.8, 4) is 0 Å². The average molecular weight is 487 g/mol. The summed E-state index contributed by atoms with van der Waals surface area (Å²) in [7, 11) is 1.79. The van der Waals surface area contributed by atoms with Gasteiger partial charge in [-0.05, 0) is 12.0 Å². The van der Waals surface area contributed by atoms with Crippen molar-refractivity contribution in [3.63, 3.8) is 0 Å². The van der Waals surface area contributed by atoms with Crippen LogP contribution in [0.5, 0.6) is 0 Å². The topological polar surface area (TPSA) is 38.4 Å². The second-order valence-corrected chi connectivity index (χ2v) is 10.6. The fraction of sp³-hybridized carbons (Fsp3) is 0.379. The van der Waals surface area contributed by atoms with E-state index >= 15 is 0 Å². The minimum atomic E-state index is 0.0985. The van der Waals surface area contributed by atoms with Gasteiger partial charge in [0.15, 0.2) is 0 Å². The van der Waals surface area contributed by atoms with Gasteiger partial charge in [-0.3, -0.25) is 0 Å². The Bertz CT molecular complexity index is 1380. The zero-order valence-electron chi connectivity index (χ0n) is 21.0. The van der Waals surface area contributed by atoms with Crippen LogP contribution < -0.4 is 0 Å². The van der Waals surface area contributed by atoms with Gasteiger partial charge in [0, 0.05) is 0 Å². The first kappa shape index (κ1) is 23.9. The van der Waals surface area contributed by atoms with Crippen molar-refractivity contribution in [2.45, 2.75) is 58.9 Å². The Hall–Kier alpha value is -2.79. The quantitative estimate of drug-likeness (QED) is 0.317. The molecule has 0 spiro atoms. The van der Waals surface area contributed by atoms with Crippen molar-refractivity contribution in [2.75, 3.05) is 13.1 Å². The minimum absolute atomic E-state index is 0.0985. The summed E-state index contributed by atoms with van der Waals surface area (Å²) in [5, 5.41) is 1.61. The van der Waals surface area contributed by atoms with Crippen LogP contribution in [0.25, 0.3) is 10.9 Å². The van der Waals surface area contributed by atoms with Gasteiger partial charge in [-0.2, -0.15) is 0 Å². The van der Waals surface area contributed by atoms with Gasteiger partial charge in [0.25, 0.3) is 0 Å². The van der Waals surface area contributed by atoms with Crippen LogP contribution in [0.3, 0.4) is 0 Å². The maximum absolute atomic E-state index is 13.8. The number of carbonyl (C=O) groups is 1. The van der Waals surface area contributed by atoms with E-state index < -0.39 is 0 Å².